The summed E-state index contributed by atoms with van der Waals surface area (Å²) in [7, 11) is 2.09. The summed E-state index contributed by atoms with van der Waals surface area (Å²) in [6, 6.07) is 11.4. The van der Waals surface area contributed by atoms with Crippen molar-refractivity contribution in [2.75, 3.05) is 7.05 Å². The minimum atomic E-state index is 0.600. The lowest BCUT2D eigenvalue weighted by atomic mass is 9.90. The molecule has 96 valence electrons. The predicted octanol–water partition coefficient (Wildman–Crippen LogP) is 4.35. The van der Waals surface area contributed by atoms with Gasteiger partial charge in [0.2, 0.25) is 0 Å². The fourth-order valence-corrected chi connectivity index (χ4v) is 2.42. The standard InChI is InChI=1S/C16H27N/c1-4-5-6-10-13-16(17-3)14(2)15-11-8-7-9-12-15/h7-9,11-12,14,16-17H,4-6,10,13H2,1-3H3. The molecule has 0 aliphatic carbocycles. The van der Waals surface area contributed by atoms with Crippen LogP contribution in [0.25, 0.3) is 0 Å². The minimum absolute atomic E-state index is 0.600. The predicted molar refractivity (Wildman–Crippen MR) is 76.5 cm³/mol. The molecule has 0 aromatic heterocycles. The molecule has 1 heteroatoms. The van der Waals surface area contributed by atoms with Crippen LogP contribution in [0.1, 0.15) is 57.4 Å². The first-order chi connectivity index (χ1) is 8.29. The number of likely N-dealkylation sites (N-methyl/N-ethyl adjacent to an activating group) is 1. The molecule has 17 heavy (non-hydrogen) atoms. The van der Waals surface area contributed by atoms with Gasteiger partial charge in [0.05, 0.1) is 0 Å². The van der Waals surface area contributed by atoms with E-state index in [9.17, 15) is 0 Å². The lowest BCUT2D eigenvalue weighted by Gasteiger charge is -2.24. The highest BCUT2D eigenvalue weighted by Crippen LogP contribution is 2.22. The maximum atomic E-state index is 3.48. The number of hydrogen-bond donors (Lipinski definition) is 1. The molecule has 1 rings (SSSR count). The summed E-state index contributed by atoms with van der Waals surface area (Å²) >= 11 is 0. The fourth-order valence-electron chi connectivity index (χ4n) is 2.42. The summed E-state index contributed by atoms with van der Waals surface area (Å²) in [4.78, 5) is 0. The molecular formula is C16H27N. The van der Waals surface area contributed by atoms with E-state index in [-0.39, 0.29) is 0 Å². The Hall–Kier alpha value is -0.820. The first-order valence-corrected chi connectivity index (χ1v) is 7.01. The van der Waals surface area contributed by atoms with E-state index in [0.29, 0.717) is 12.0 Å². The topological polar surface area (TPSA) is 12.0 Å². The van der Waals surface area contributed by atoms with Crippen LogP contribution in [0.15, 0.2) is 30.3 Å². The first-order valence-electron chi connectivity index (χ1n) is 7.01. The van der Waals surface area contributed by atoms with E-state index in [1.165, 1.54) is 37.7 Å². The van der Waals surface area contributed by atoms with E-state index in [4.69, 9.17) is 0 Å². The Labute approximate surface area is 107 Å². The average Bonchev–Trinajstić information content (AvgIpc) is 2.39. The minimum Gasteiger partial charge on any atom is -0.316 e. The Bertz CT molecular complexity index is 281. The van der Waals surface area contributed by atoms with Crippen molar-refractivity contribution in [2.24, 2.45) is 0 Å². The monoisotopic (exact) mass is 233 g/mol. The van der Waals surface area contributed by atoms with E-state index in [0.717, 1.165) is 0 Å². The summed E-state index contributed by atoms with van der Waals surface area (Å²) in [5, 5.41) is 3.48. The highest BCUT2D eigenvalue weighted by atomic mass is 14.9. The van der Waals surface area contributed by atoms with Crippen LogP contribution in [0.4, 0.5) is 0 Å². The number of nitrogens with one attached hydrogen (secondary N) is 1. The average molecular weight is 233 g/mol. The van der Waals surface area contributed by atoms with Crippen LogP contribution in [-0.4, -0.2) is 13.1 Å². The zero-order valence-corrected chi connectivity index (χ0v) is 11.6. The van der Waals surface area contributed by atoms with Crippen molar-refractivity contribution in [1.82, 2.24) is 5.32 Å². The smallest absolute Gasteiger partial charge is 0.0130 e. The molecule has 0 aliphatic heterocycles. The van der Waals surface area contributed by atoms with Gasteiger partial charge in [0.1, 0.15) is 0 Å². The van der Waals surface area contributed by atoms with E-state index in [1.54, 1.807) is 0 Å². The van der Waals surface area contributed by atoms with Crippen molar-refractivity contribution in [2.45, 2.75) is 57.9 Å². The zero-order chi connectivity index (χ0) is 12.5. The summed E-state index contributed by atoms with van der Waals surface area (Å²) in [5.41, 5.74) is 1.45. The van der Waals surface area contributed by atoms with Gasteiger partial charge in [-0.25, -0.2) is 0 Å². The van der Waals surface area contributed by atoms with E-state index < -0.39 is 0 Å². The van der Waals surface area contributed by atoms with Gasteiger partial charge in [0.15, 0.2) is 0 Å². The molecule has 0 saturated carbocycles. The summed E-state index contributed by atoms with van der Waals surface area (Å²) in [6.07, 6.45) is 6.69. The van der Waals surface area contributed by atoms with Crippen LogP contribution < -0.4 is 5.32 Å². The molecule has 0 saturated heterocycles. The van der Waals surface area contributed by atoms with Crippen molar-refractivity contribution in [3.05, 3.63) is 35.9 Å². The van der Waals surface area contributed by atoms with Crippen LogP contribution in [0.2, 0.25) is 0 Å². The van der Waals surface area contributed by atoms with Crippen LogP contribution >= 0.6 is 0 Å². The Balaban J connectivity index is 2.44. The first kappa shape index (κ1) is 14.2. The van der Waals surface area contributed by atoms with Crippen molar-refractivity contribution >= 4 is 0 Å². The van der Waals surface area contributed by atoms with Crippen LogP contribution in [0.3, 0.4) is 0 Å². The summed E-state index contributed by atoms with van der Waals surface area (Å²) < 4.78 is 0. The molecule has 0 radical (unpaired) electrons. The largest absolute Gasteiger partial charge is 0.316 e. The highest BCUT2D eigenvalue weighted by Gasteiger charge is 2.16. The molecule has 1 aromatic rings. The van der Waals surface area contributed by atoms with Crippen molar-refractivity contribution < 1.29 is 0 Å². The molecule has 2 unspecified atom stereocenters. The molecular weight excluding hydrogens is 206 g/mol. The quantitative estimate of drug-likeness (QED) is 0.658. The van der Waals surface area contributed by atoms with E-state index in [1.807, 2.05) is 0 Å². The molecule has 0 heterocycles. The second-order valence-corrected chi connectivity index (χ2v) is 4.94. The Kier molecular flexibility index (Phi) is 6.95. The van der Waals surface area contributed by atoms with E-state index >= 15 is 0 Å². The zero-order valence-electron chi connectivity index (χ0n) is 11.6. The number of unbranched alkanes of at least 4 members (excludes halogenated alkanes) is 3. The van der Waals surface area contributed by atoms with Gasteiger partial charge in [-0.3, -0.25) is 0 Å². The third-order valence-corrected chi connectivity index (χ3v) is 3.67. The number of rotatable bonds is 8. The molecule has 0 spiro atoms. The highest BCUT2D eigenvalue weighted by molar-refractivity contribution is 5.20. The molecule has 2 atom stereocenters. The molecule has 1 aromatic carbocycles. The van der Waals surface area contributed by atoms with Gasteiger partial charge in [-0.1, -0.05) is 69.9 Å². The van der Waals surface area contributed by atoms with Gasteiger partial charge in [0, 0.05) is 6.04 Å². The molecule has 1 nitrogen and oxygen atoms in total. The fraction of sp³-hybridized carbons (Fsp3) is 0.625. The summed E-state index contributed by atoms with van der Waals surface area (Å²) in [6.45, 7) is 4.60. The van der Waals surface area contributed by atoms with Crippen molar-refractivity contribution in [3.8, 4) is 0 Å². The third kappa shape index (κ3) is 4.91. The molecule has 1 N–H and O–H groups in total. The SMILES string of the molecule is CCCCCCC(NC)C(C)c1ccccc1. The second kappa shape index (κ2) is 8.30. The van der Waals surface area contributed by atoms with E-state index in [2.05, 4.69) is 56.5 Å². The maximum absolute atomic E-state index is 3.48. The van der Waals surface area contributed by atoms with Crippen LogP contribution in [0.5, 0.6) is 0 Å². The second-order valence-electron chi connectivity index (χ2n) is 4.94. The number of hydrogen-bond acceptors (Lipinski definition) is 1. The molecule has 0 aliphatic rings. The lowest BCUT2D eigenvalue weighted by molar-refractivity contribution is 0.433. The van der Waals surface area contributed by atoms with Crippen LogP contribution in [-0.2, 0) is 0 Å². The normalized spacial score (nSPS) is 14.5. The van der Waals surface area contributed by atoms with Crippen molar-refractivity contribution in [1.29, 1.82) is 0 Å². The van der Waals surface area contributed by atoms with Gasteiger partial charge in [-0.05, 0) is 24.9 Å². The van der Waals surface area contributed by atoms with Gasteiger partial charge in [-0.15, -0.1) is 0 Å². The van der Waals surface area contributed by atoms with Gasteiger partial charge >= 0.3 is 0 Å². The van der Waals surface area contributed by atoms with Gasteiger partial charge in [0.25, 0.3) is 0 Å². The maximum Gasteiger partial charge on any atom is 0.0130 e. The molecule has 0 amide bonds. The lowest BCUT2D eigenvalue weighted by Crippen LogP contribution is -2.30. The molecule has 0 bridgehead atoms. The molecule has 0 fully saturated rings. The summed E-state index contributed by atoms with van der Waals surface area (Å²) in [5.74, 6) is 0.600. The van der Waals surface area contributed by atoms with Crippen molar-refractivity contribution in [3.63, 3.8) is 0 Å². The van der Waals surface area contributed by atoms with Gasteiger partial charge < -0.3 is 5.32 Å². The van der Waals surface area contributed by atoms with Gasteiger partial charge in [-0.2, -0.15) is 0 Å². The Morgan fingerprint density at radius 1 is 1.06 bits per heavy atom. The Morgan fingerprint density at radius 3 is 2.35 bits per heavy atom. The van der Waals surface area contributed by atoms with Crippen LogP contribution in [0, 0.1) is 0 Å². The third-order valence-electron chi connectivity index (χ3n) is 3.67. The Morgan fingerprint density at radius 2 is 1.76 bits per heavy atom. The number of benzene rings is 1.